The van der Waals surface area contributed by atoms with E-state index in [2.05, 4.69) is 12.1 Å². The molecule has 22 heavy (non-hydrogen) atoms. The molecule has 0 amide bonds. The highest BCUT2D eigenvalue weighted by Crippen LogP contribution is 2.19. The fourth-order valence-corrected chi connectivity index (χ4v) is 2.66. The van der Waals surface area contributed by atoms with Crippen LogP contribution in [0.3, 0.4) is 0 Å². The summed E-state index contributed by atoms with van der Waals surface area (Å²) in [6.45, 7) is 0.387. The van der Waals surface area contributed by atoms with E-state index < -0.39 is 12.0 Å². The largest absolute Gasteiger partial charge is 0.385 e. The maximum absolute atomic E-state index is 10.4. The normalized spacial score (nSPS) is 13.5. The Morgan fingerprint density at radius 3 is 2.36 bits per heavy atom. The van der Waals surface area contributed by atoms with Crippen LogP contribution in [-0.2, 0) is 6.54 Å². The van der Waals surface area contributed by atoms with E-state index in [0.29, 0.717) is 6.54 Å². The lowest BCUT2D eigenvalue weighted by Crippen LogP contribution is -2.41. The smallest absolute Gasteiger partial charge is 0.176 e. The van der Waals surface area contributed by atoms with Crippen LogP contribution in [0.15, 0.2) is 73.1 Å². The van der Waals surface area contributed by atoms with Gasteiger partial charge >= 0.3 is 0 Å². The predicted molar refractivity (Wildman–Crippen MR) is 84.9 cm³/mol. The van der Waals surface area contributed by atoms with Crippen molar-refractivity contribution in [3.63, 3.8) is 0 Å². The van der Waals surface area contributed by atoms with Gasteiger partial charge < -0.3 is 5.11 Å². The minimum atomic E-state index is -0.751. The molecule has 0 saturated heterocycles. The highest BCUT2D eigenvalue weighted by Gasteiger charge is 2.24. The quantitative estimate of drug-likeness (QED) is 0.751. The van der Waals surface area contributed by atoms with Crippen LogP contribution >= 0.6 is 0 Å². The van der Waals surface area contributed by atoms with Crippen LogP contribution < -0.4 is 4.57 Å². The lowest BCUT2D eigenvalue weighted by molar-refractivity contribution is -0.702. The SMILES string of the molecule is N#C[C@@H](c1ccccc1)[C@H](O)C[n+]1ccc2ccccc2c1. The number of aromatic nitrogens is 1. The van der Waals surface area contributed by atoms with E-state index >= 15 is 0 Å². The zero-order valence-electron chi connectivity index (χ0n) is 12.1. The minimum absolute atomic E-state index is 0.387. The van der Waals surface area contributed by atoms with Gasteiger partial charge in [-0.25, -0.2) is 4.57 Å². The molecule has 0 aliphatic heterocycles. The fraction of sp³-hybridized carbons (Fsp3) is 0.158. The Morgan fingerprint density at radius 1 is 0.955 bits per heavy atom. The first kappa shape index (κ1) is 14.2. The second-order valence-electron chi connectivity index (χ2n) is 5.36. The van der Waals surface area contributed by atoms with Crippen LogP contribution in [-0.4, -0.2) is 11.2 Å². The van der Waals surface area contributed by atoms with Gasteiger partial charge in [-0.05, 0) is 17.0 Å². The molecule has 0 aliphatic rings. The summed E-state index contributed by atoms with van der Waals surface area (Å²) in [5, 5.41) is 22.1. The van der Waals surface area contributed by atoms with E-state index in [1.165, 1.54) is 0 Å². The number of nitrogens with zero attached hydrogens (tertiary/aromatic N) is 2. The molecule has 0 aliphatic carbocycles. The van der Waals surface area contributed by atoms with E-state index in [1.807, 2.05) is 71.6 Å². The van der Waals surface area contributed by atoms with Crippen LogP contribution in [0, 0.1) is 11.3 Å². The van der Waals surface area contributed by atoms with Crippen molar-refractivity contribution in [2.75, 3.05) is 0 Å². The molecule has 1 N–H and O–H groups in total. The van der Waals surface area contributed by atoms with Crippen molar-refractivity contribution in [3.8, 4) is 6.07 Å². The van der Waals surface area contributed by atoms with Crippen LogP contribution in [0.4, 0.5) is 0 Å². The summed E-state index contributed by atoms with van der Waals surface area (Å²) < 4.78 is 1.93. The van der Waals surface area contributed by atoms with Crippen LogP contribution in [0.1, 0.15) is 11.5 Å². The molecule has 2 aromatic carbocycles. The Kier molecular flexibility index (Phi) is 4.13. The van der Waals surface area contributed by atoms with E-state index in [1.54, 1.807) is 0 Å². The van der Waals surface area contributed by atoms with Crippen molar-refractivity contribution in [1.82, 2.24) is 0 Å². The molecule has 0 unspecified atom stereocenters. The van der Waals surface area contributed by atoms with Crippen LogP contribution in [0.2, 0.25) is 0 Å². The van der Waals surface area contributed by atoms with Crippen molar-refractivity contribution < 1.29 is 9.67 Å². The lowest BCUT2D eigenvalue weighted by Gasteiger charge is -2.14. The summed E-state index contributed by atoms with van der Waals surface area (Å²) in [5.74, 6) is -0.528. The highest BCUT2D eigenvalue weighted by molar-refractivity contribution is 5.80. The molecule has 0 spiro atoms. The second-order valence-corrected chi connectivity index (χ2v) is 5.36. The number of hydrogen-bond acceptors (Lipinski definition) is 2. The van der Waals surface area contributed by atoms with Gasteiger partial charge in [-0.3, -0.25) is 0 Å². The average molecular weight is 289 g/mol. The third-order valence-electron chi connectivity index (χ3n) is 3.83. The molecule has 1 aromatic heterocycles. The minimum Gasteiger partial charge on any atom is -0.385 e. The number of pyridine rings is 1. The number of hydrogen-bond donors (Lipinski definition) is 1. The second kappa shape index (κ2) is 6.38. The molecule has 3 nitrogen and oxygen atoms in total. The van der Waals surface area contributed by atoms with Crippen molar-refractivity contribution >= 4 is 10.8 Å². The molecule has 0 fully saturated rings. The first-order valence-electron chi connectivity index (χ1n) is 7.28. The van der Waals surface area contributed by atoms with Gasteiger partial charge in [-0.2, -0.15) is 5.26 Å². The van der Waals surface area contributed by atoms with E-state index in [0.717, 1.165) is 16.3 Å². The summed E-state index contributed by atoms with van der Waals surface area (Å²) >= 11 is 0. The Balaban J connectivity index is 1.82. The molecule has 1 heterocycles. The van der Waals surface area contributed by atoms with Crippen molar-refractivity contribution in [2.45, 2.75) is 18.6 Å². The topological polar surface area (TPSA) is 47.9 Å². The number of aliphatic hydroxyl groups is 1. The van der Waals surface area contributed by atoms with Gasteiger partial charge in [-0.15, -0.1) is 0 Å². The Labute approximate surface area is 129 Å². The molecule has 3 heteroatoms. The fourth-order valence-electron chi connectivity index (χ4n) is 2.66. The van der Waals surface area contributed by atoms with Gasteiger partial charge in [0.25, 0.3) is 0 Å². The Hall–Kier alpha value is -2.70. The number of aliphatic hydroxyl groups excluding tert-OH is 1. The maximum atomic E-state index is 10.4. The first-order chi connectivity index (χ1) is 10.8. The van der Waals surface area contributed by atoms with Crippen molar-refractivity contribution in [3.05, 3.63) is 78.6 Å². The van der Waals surface area contributed by atoms with E-state index in [9.17, 15) is 10.4 Å². The van der Waals surface area contributed by atoms with Crippen molar-refractivity contribution in [1.29, 1.82) is 5.26 Å². The Morgan fingerprint density at radius 2 is 1.64 bits per heavy atom. The molecular weight excluding hydrogens is 272 g/mol. The van der Waals surface area contributed by atoms with Gasteiger partial charge in [-0.1, -0.05) is 48.5 Å². The highest BCUT2D eigenvalue weighted by atomic mass is 16.3. The number of rotatable bonds is 4. The molecule has 0 radical (unpaired) electrons. The third kappa shape index (κ3) is 2.98. The lowest BCUT2D eigenvalue weighted by atomic mass is 9.95. The molecular formula is C19H17N2O+. The summed E-state index contributed by atoms with van der Waals surface area (Å²) in [6, 6.07) is 21.7. The zero-order chi connectivity index (χ0) is 15.4. The number of fused-ring (bicyclic) bond motifs is 1. The number of benzene rings is 2. The summed E-state index contributed by atoms with van der Waals surface area (Å²) in [6.07, 6.45) is 3.18. The summed E-state index contributed by atoms with van der Waals surface area (Å²) in [5.41, 5.74) is 0.846. The van der Waals surface area contributed by atoms with Gasteiger partial charge in [0.1, 0.15) is 12.0 Å². The first-order valence-corrected chi connectivity index (χ1v) is 7.28. The molecule has 0 bridgehead atoms. The summed E-state index contributed by atoms with van der Waals surface area (Å²) in [7, 11) is 0. The van der Waals surface area contributed by atoms with Gasteiger partial charge in [0.2, 0.25) is 0 Å². The van der Waals surface area contributed by atoms with E-state index in [4.69, 9.17) is 0 Å². The number of nitriles is 1. The Bertz CT molecular complexity index is 808. The third-order valence-corrected chi connectivity index (χ3v) is 3.83. The van der Waals surface area contributed by atoms with Gasteiger partial charge in [0, 0.05) is 11.5 Å². The summed E-state index contributed by atoms with van der Waals surface area (Å²) in [4.78, 5) is 0. The van der Waals surface area contributed by atoms with E-state index in [-0.39, 0.29) is 0 Å². The molecule has 2 atom stereocenters. The van der Waals surface area contributed by atoms with Crippen LogP contribution in [0.25, 0.3) is 10.8 Å². The monoisotopic (exact) mass is 289 g/mol. The van der Waals surface area contributed by atoms with Crippen LogP contribution in [0.5, 0.6) is 0 Å². The average Bonchev–Trinajstić information content (AvgIpc) is 2.56. The van der Waals surface area contributed by atoms with Crippen molar-refractivity contribution in [2.24, 2.45) is 0 Å². The predicted octanol–water partition coefficient (Wildman–Crippen LogP) is 2.80. The standard InChI is InChI=1S/C19H17N2O/c20-12-18(16-7-2-1-3-8-16)19(22)14-21-11-10-15-6-4-5-9-17(15)13-21/h1-11,13,18-19,22H,14H2/q+1/t18-,19+/m0/s1. The molecule has 3 aromatic rings. The maximum Gasteiger partial charge on any atom is 0.176 e. The molecule has 108 valence electrons. The van der Waals surface area contributed by atoms with Gasteiger partial charge in [0.05, 0.1) is 6.07 Å². The van der Waals surface area contributed by atoms with Gasteiger partial charge in [0.15, 0.2) is 18.9 Å². The zero-order valence-corrected chi connectivity index (χ0v) is 12.1. The molecule has 0 saturated carbocycles. The molecule has 3 rings (SSSR count).